The Labute approximate surface area is 124 Å². The highest BCUT2D eigenvalue weighted by Gasteiger charge is 2.96. The van der Waals surface area contributed by atoms with E-state index in [2.05, 4.69) is 4.98 Å². The summed E-state index contributed by atoms with van der Waals surface area (Å²) in [6.07, 6.45) is 0.694. The summed E-state index contributed by atoms with van der Waals surface area (Å²) < 4.78 is 12.5. The summed E-state index contributed by atoms with van der Waals surface area (Å²) in [5.74, 6) is 0.0623. The zero-order valence-electron chi connectivity index (χ0n) is 11.5. The molecule has 3 fully saturated rings. The van der Waals surface area contributed by atoms with Gasteiger partial charge in [0.2, 0.25) is 5.60 Å². The smallest absolute Gasteiger partial charge is 0.349 e. The van der Waals surface area contributed by atoms with E-state index in [1.807, 2.05) is 6.07 Å². The Morgan fingerprint density at radius 3 is 3.05 bits per heavy atom. The number of nitriles is 1. The molecule has 4 N–H and O–H groups in total. The van der Waals surface area contributed by atoms with Crippen molar-refractivity contribution in [1.29, 1.82) is 5.26 Å². The largest absolute Gasteiger partial charge is 0.394 e. The summed E-state index contributed by atoms with van der Waals surface area (Å²) >= 11 is 0. The molecular weight excluding hydrogens is 292 g/mol. The molecule has 1 aromatic heterocycles. The fourth-order valence-corrected chi connectivity index (χ4v) is 4.07. The number of aliphatic hydroxyl groups excluding tert-OH is 1. The predicted molar refractivity (Wildman–Crippen MR) is 70.5 cm³/mol. The zero-order valence-corrected chi connectivity index (χ0v) is 11.5. The fraction of sp³-hybridized carbons (Fsp3) is 0.615. The van der Waals surface area contributed by atoms with Crippen molar-refractivity contribution < 1.29 is 19.7 Å². The molecule has 2 saturated heterocycles. The number of aromatic nitrogens is 2. The van der Waals surface area contributed by atoms with Gasteiger partial charge in [0.1, 0.15) is 29.6 Å². The Morgan fingerprint density at radius 2 is 2.41 bits per heavy atom. The molecule has 1 aromatic rings. The molecule has 0 aromatic carbocycles. The minimum atomic E-state index is -1.52. The van der Waals surface area contributed by atoms with Crippen LogP contribution >= 0.6 is 0 Å². The molecule has 0 bridgehead atoms. The molecule has 1 spiro atoms. The lowest BCUT2D eigenvalue weighted by molar-refractivity contribution is -0.117. The average molecular weight is 306 g/mol. The highest BCUT2D eigenvalue weighted by molar-refractivity contribution is 5.50. The lowest BCUT2D eigenvalue weighted by Gasteiger charge is -2.30. The lowest BCUT2D eigenvalue weighted by Crippen LogP contribution is -2.51. The van der Waals surface area contributed by atoms with Gasteiger partial charge in [0.05, 0.1) is 13.2 Å². The molecule has 116 valence electrons. The van der Waals surface area contributed by atoms with E-state index in [0.717, 1.165) is 0 Å². The maximum Gasteiger partial charge on any atom is 0.349 e. The van der Waals surface area contributed by atoms with E-state index in [1.165, 1.54) is 16.8 Å². The Bertz CT molecular complexity index is 760. The van der Waals surface area contributed by atoms with Gasteiger partial charge in [-0.15, -0.1) is 0 Å². The van der Waals surface area contributed by atoms with E-state index in [1.54, 1.807) is 0 Å². The van der Waals surface area contributed by atoms with Crippen LogP contribution in [-0.4, -0.2) is 55.9 Å². The monoisotopic (exact) mass is 306 g/mol. The third-order valence-corrected chi connectivity index (χ3v) is 5.02. The van der Waals surface area contributed by atoms with Crippen molar-refractivity contribution in [1.82, 2.24) is 9.55 Å². The van der Waals surface area contributed by atoms with Crippen LogP contribution in [0.25, 0.3) is 0 Å². The van der Waals surface area contributed by atoms with Gasteiger partial charge in [0.15, 0.2) is 5.60 Å². The molecule has 9 heteroatoms. The minimum Gasteiger partial charge on any atom is -0.394 e. The Morgan fingerprint density at radius 1 is 1.64 bits per heavy atom. The van der Waals surface area contributed by atoms with Gasteiger partial charge >= 0.3 is 5.69 Å². The van der Waals surface area contributed by atoms with Gasteiger partial charge in [-0.3, -0.25) is 4.57 Å². The highest BCUT2D eigenvalue weighted by Crippen LogP contribution is 2.75. The Kier molecular flexibility index (Phi) is 2.39. The molecule has 5 atom stereocenters. The van der Waals surface area contributed by atoms with Crippen molar-refractivity contribution in [3.63, 3.8) is 0 Å². The van der Waals surface area contributed by atoms with Crippen molar-refractivity contribution in [3.05, 3.63) is 22.7 Å². The number of ether oxygens (including phenoxy) is 2. The van der Waals surface area contributed by atoms with Gasteiger partial charge in [0.25, 0.3) is 0 Å². The number of hydrogen-bond donors (Lipinski definition) is 3. The number of nitrogen functional groups attached to an aromatic ring is 1. The van der Waals surface area contributed by atoms with Crippen LogP contribution in [0.4, 0.5) is 5.82 Å². The average Bonchev–Trinajstić information content (AvgIpc) is 2.75. The van der Waals surface area contributed by atoms with E-state index in [4.69, 9.17) is 15.2 Å². The molecule has 3 aliphatic rings. The van der Waals surface area contributed by atoms with Crippen molar-refractivity contribution in [3.8, 4) is 6.07 Å². The lowest BCUT2D eigenvalue weighted by atomic mass is 9.87. The molecule has 22 heavy (non-hydrogen) atoms. The van der Waals surface area contributed by atoms with E-state index in [-0.39, 0.29) is 18.8 Å². The zero-order chi connectivity index (χ0) is 15.8. The van der Waals surface area contributed by atoms with Gasteiger partial charge in [-0.1, -0.05) is 0 Å². The van der Waals surface area contributed by atoms with Crippen LogP contribution in [0, 0.1) is 11.3 Å². The maximum atomic E-state index is 12.1. The summed E-state index contributed by atoms with van der Waals surface area (Å²) in [5.41, 5.74) is 0.405. The number of hydrogen-bond acceptors (Lipinski definition) is 8. The first kappa shape index (κ1) is 13.7. The Balaban J connectivity index is 1.88. The van der Waals surface area contributed by atoms with Crippen molar-refractivity contribution in [2.45, 2.75) is 35.4 Å². The molecule has 2 aliphatic heterocycles. The number of aliphatic hydroxyl groups is 2. The van der Waals surface area contributed by atoms with Crippen LogP contribution in [0.3, 0.4) is 0 Å². The topological polar surface area (TPSA) is 144 Å². The van der Waals surface area contributed by atoms with Crippen molar-refractivity contribution in [2.75, 3.05) is 18.9 Å². The standard InChI is InChI=1S/C13H14N4O5/c14-6-12-9(17-3-1-8(15)16-10(17)19)13(12)11(20,2-4-21-13)7(5-18)22-12/h1,3,7,9,18,20H,2,4-5H2,(H2,15,16,19)/t7-,9?,11-,12+,13-/m1/s1. The van der Waals surface area contributed by atoms with Crippen LogP contribution in [0.2, 0.25) is 0 Å². The van der Waals surface area contributed by atoms with Gasteiger partial charge in [0, 0.05) is 12.6 Å². The van der Waals surface area contributed by atoms with Crippen LogP contribution in [-0.2, 0) is 9.47 Å². The van der Waals surface area contributed by atoms with E-state index in [9.17, 15) is 20.3 Å². The third kappa shape index (κ3) is 1.16. The number of nitrogens with zero attached hydrogens (tertiary/aromatic N) is 3. The van der Waals surface area contributed by atoms with Gasteiger partial charge in [-0.2, -0.15) is 10.2 Å². The minimum absolute atomic E-state index is 0.0623. The van der Waals surface area contributed by atoms with E-state index < -0.39 is 41.2 Å². The van der Waals surface area contributed by atoms with Crippen LogP contribution < -0.4 is 11.4 Å². The normalized spacial score (nSPS) is 45.1. The van der Waals surface area contributed by atoms with Crippen LogP contribution in [0.15, 0.2) is 17.1 Å². The molecule has 4 rings (SSSR count). The molecular formula is C13H14N4O5. The summed E-state index contributed by atoms with van der Waals surface area (Å²) in [5, 5.41) is 30.0. The summed E-state index contributed by atoms with van der Waals surface area (Å²) in [6, 6.07) is 2.61. The number of rotatable bonds is 2. The second-order valence-corrected chi connectivity index (χ2v) is 5.84. The molecule has 1 unspecified atom stereocenters. The first-order valence-electron chi connectivity index (χ1n) is 6.88. The second kappa shape index (κ2) is 3.85. The molecule has 0 radical (unpaired) electrons. The second-order valence-electron chi connectivity index (χ2n) is 5.84. The molecule has 1 aliphatic carbocycles. The molecule has 0 amide bonds. The first-order chi connectivity index (χ1) is 10.5. The summed E-state index contributed by atoms with van der Waals surface area (Å²) in [4.78, 5) is 15.7. The Hall–Kier alpha value is -1.99. The van der Waals surface area contributed by atoms with Crippen LogP contribution in [0.1, 0.15) is 12.5 Å². The molecule has 3 heterocycles. The number of anilines is 1. The van der Waals surface area contributed by atoms with E-state index in [0.29, 0.717) is 0 Å². The molecule has 1 saturated carbocycles. The van der Waals surface area contributed by atoms with E-state index >= 15 is 0 Å². The number of nitrogens with two attached hydrogens (primary N) is 1. The van der Waals surface area contributed by atoms with Gasteiger partial charge in [-0.05, 0) is 6.07 Å². The maximum absolute atomic E-state index is 12.1. The van der Waals surface area contributed by atoms with Crippen LogP contribution in [0.5, 0.6) is 0 Å². The predicted octanol–water partition coefficient (Wildman–Crippen LogP) is -2.08. The van der Waals surface area contributed by atoms with Crippen molar-refractivity contribution in [2.24, 2.45) is 0 Å². The molecule has 9 nitrogen and oxygen atoms in total. The third-order valence-electron chi connectivity index (χ3n) is 5.02. The quantitative estimate of drug-likeness (QED) is 0.565. The van der Waals surface area contributed by atoms with Gasteiger partial charge < -0.3 is 25.4 Å². The van der Waals surface area contributed by atoms with Gasteiger partial charge in [-0.25, -0.2) is 4.79 Å². The summed E-state index contributed by atoms with van der Waals surface area (Å²) in [7, 11) is 0. The summed E-state index contributed by atoms with van der Waals surface area (Å²) in [6.45, 7) is -0.222. The first-order valence-corrected chi connectivity index (χ1v) is 6.88. The highest BCUT2D eigenvalue weighted by atomic mass is 16.6. The SMILES string of the molecule is N#C[C@@]12O[C@H](CO)[C@]3(O)CCO[C@@]13C2n1ccc(N)nc1=O. The fourth-order valence-electron chi connectivity index (χ4n) is 4.07. The van der Waals surface area contributed by atoms with Crippen molar-refractivity contribution >= 4 is 5.82 Å².